The van der Waals surface area contributed by atoms with Gasteiger partial charge in [0.15, 0.2) is 0 Å². The highest BCUT2D eigenvalue weighted by Gasteiger charge is 2.23. The first-order valence-corrected chi connectivity index (χ1v) is 7.50. The van der Waals surface area contributed by atoms with Gasteiger partial charge in [-0.1, -0.05) is 34.1 Å². The second-order valence-electron chi connectivity index (χ2n) is 4.99. The summed E-state index contributed by atoms with van der Waals surface area (Å²) in [5.41, 5.74) is 7.97. The van der Waals surface area contributed by atoms with Crippen molar-refractivity contribution in [3.8, 4) is 5.75 Å². The van der Waals surface area contributed by atoms with E-state index in [-0.39, 0.29) is 12.0 Å². The second kappa shape index (κ2) is 5.77. The van der Waals surface area contributed by atoms with Gasteiger partial charge in [-0.3, -0.25) is 4.79 Å². The van der Waals surface area contributed by atoms with Crippen LogP contribution in [0.4, 0.5) is 5.69 Å². The van der Waals surface area contributed by atoms with Crippen molar-refractivity contribution in [2.75, 3.05) is 12.3 Å². The number of carbonyl (C=O) groups excluding carboxylic acids is 1. The van der Waals surface area contributed by atoms with Gasteiger partial charge in [0.25, 0.3) is 5.91 Å². The number of nitrogens with two attached hydrogens (primary N) is 1. The summed E-state index contributed by atoms with van der Waals surface area (Å²) in [4.78, 5) is 12.1. The van der Waals surface area contributed by atoms with E-state index in [2.05, 4.69) is 21.2 Å². The van der Waals surface area contributed by atoms with E-state index < -0.39 is 0 Å². The van der Waals surface area contributed by atoms with Crippen LogP contribution in [0, 0.1) is 0 Å². The topological polar surface area (TPSA) is 64.4 Å². The van der Waals surface area contributed by atoms with Gasteiger partial charge in [-0.05, 0) is 29.8 Å². The summed E-state index contributed by atoms with van der Waals surface area (Å²) in [6, 6.07) is 13.2. The molecule has 0 aromatic heterocycles. The second-order valence-corrected chi connectivity index (χ2v) is 5.91. The zero-order valence-electron chi connectivity index (χ0n) is 11.3. The van der Waals surface area contributed by atoms with Crippen LogP contribution in [-0.4, -0.2) is 18.6 Å². The third-order valence-electron chi connectivity index (χ3n) is 3.46. The Morgan fingerprint density at radius 3 is 2.90 bits per heavy atom. The summed E-state index contributed by atoms with van der Waals surface area (Å²) in [7, 11) is 0. The van der Waals surface area contributed by atoms with E-state index in [0.29, 0.717) is 17.8 Å². The standard InChI is InChI=1S/C16H15BrN2O2/c17-11-5-6-13(14(18)8-11)16(20)19-9-12-7-10-3-1-2-4-15(10)21-12/h1-6,8,12H,7,9,18H2,(H,19,20). The van der Waals surface area contributed by atoms with E-state index in [0.717, 1.165) is 16.6 Å². The smallest absolute Gasteiger partial charge is 0.253 e. The Bertz CT molecular complexity index is 663. The predicted molar refractivity (Wildman–Crippen MR) is 85.4 cm³/mol. The van der Waals surface area contributed by atoms with Crippen LogP contribution in [0.2, 0.25) is 0 Å². The van der Waals surface area contributed by atoms with Gasteiger partial charge in [-0.2, -0.15) is 0 Å². The molecule has 5 heteroatoms. The zero-order valence-corrected chi connectivity index (χ0v) is 12.9. The molecule has 0 spiro atoms. The summed E-state index contributed by atoms with van der Waals surface area (Å²) < 4.78 is 6.64. The van der Waals surface area contributed by atoms with Crippen molar-refractivity contribution in [1.82, 2.24) is 5.32 Å². The monoisotopic (exact) mass is 346 g/mol. The van der Waals surface area contributed by atoms with Crippen LogP contribution in [0.25, 0.3) is 0 Å². The summed E-state index contributed by atoms with van der Waals surface area (Å²) >= 11 is 3.32. The largest absolute Gasteiger partial charge is 0.488 e. The Morgan fingerprint density at radius 1 is 1.33 bits per heavy atom. The number of halogens is 1. The Morgan fingerprint density at radius 2 is 2.14 bits per heavy atom. The summed E-state index contributed by atoms with van der Waals surface area (Å²) in [6.45, 7) is 0.461. The van der Waals surface area contributed by atoms with Gasteiger partial charge in [0.2, 0.25) is 0 Å². The van der Waals surface area contributed by atoms with Crippen LogP contribution in [0.5, 0.6) is 5.75 Å². The molecule has 3 N–H and O–H groups in total. The minimum atomic E-state index is -0.181. The Balaban J connectivity index is 1.60. The fraction of sp³-hybridized carbons (Fsp3) is 0.188. The van der Waals surface area contributed by atoms with E-state index in [1.165, 1.54) is 5.56 Å². The van der Waals surface area contributed by atoms with Gasteiger partial charge in [0.05, 0.1) is 12.1 Å². The number of benzene rings is 2. The van der Waals surface area contributed by atoms with Crippen molar-refractivity contribution in [3.05, 3.63) is 58.1 Å². The molecule has 108 valence electrons. The van der Waals surface area contributed by atoms with Gasteiger partial charge in [0, 0.05) is 16.6 Å². The molecule has 1 atom stereocenters. The van der Waals surface area contributed by atoms with Crippen molar-refractivity contribution < 1.29 is 9.53 Å². The highest BCUT2D eigenvalue weighted by atomic mass is 79.9. The molecule has 1 aliphatic heterocycles. The maximum absolute atomic E-state index is 12.1. The molecule has 0 aliphatic carbocycles. The fourth-order valence-corrected chi connectivity index (χ4v) is 2.79. The van der Waals surface area contributed by atoms with Crippen molar-refractivity contribution >= 4 is 27.5 Å². The van der Waals surface area contributed by atoms with Gasteiger partial charge in [-0.15, -0.1) is 0 Å². The molecule has 2 aromatic rings. The third kappa shape index (κ3) is 3.03. The maximum Gasteiger partial charge on any atom is 0.253 e. The van der Waals surface area contributed by atoms with Crippen LogP contribution < -0.4 is 15.8 Å². The fourth-order valence-electron chi connectivity index (χ4n) is 2.41. The van der Waals surface area contributed by atoms with Crippen LogP contribution >= 0.6 is 15.9 Å². The number of para-hydroxylation sites is 1. The summed E-state index contributed by atoms with van der Waals surface area (Å²) in [6.07, 6.45) is 0.787. The average Bonchev–Trinajstić information content (AvgIpc) is 2.87. The number of ether oxygens (including phenoxy) is 1. The third-order valence-corrected chi connectivity index (χ3v) is 3.96. The van der Waals surface area contributed by atoms with Crippen LogP contribution in [-0.2, 0) is 6.42 Å². The molecular formula is C16H15BrN2O2. The van der Waals surface area contributed by atoms with E-state index >= 15 is 0 Å². The lowest BCUT2D eigenvalue weighted by Crippen LogP contribution is -2.34. The minimum Gasteiger partial charge on any atom is -0.488 e. The highest BCUT2D eigenvalue weighted by molar-refractivity contribution is 9.10. The molecule has 1 aliphatic rings. The van der Waals surface area contributed by atoms with E-state index in [1.807, 2.05) is 24.3 Å². The van der Waals surface area contributed by atoms with Gasteiger partial charge in [-0.25, -0.2) is 0 Å². The number of nitrogens with one attached hydrogen (secondary N) is 1. The molecule has 3 rings (SSSR count). The van der Waals surface area contributed by atoms with E-state index in [9.17, 15) is 4.79 Å². The van der Waals surface area contributed by atoms with Crippen LogP contribution in [0.15, 0.2) is 46.9 Å². The van der Waals surface area contributed by atoms with Crippen LogP contribution in [0.3, 0.4) is 0 Å². The maximum atomic E-state index is 12.1. The van der Waals surface area contributed by atoms with Gasteiger partial charge in [0.1, 0.15) is 11.9 Å². The number of carbonyl (C=O) groups is 1. The molecule has 1 amide bonds. The average molecular weight is 347 g/mol. The zero-order chi connectivity index (χ0) is 14.8. The van der Waals surface area contributed by atoms with Crippen molar-refractivity contribution in [2.45, 2.75) is 12.5 Å². The van der Waals surface area contributed by atoms with Crippen LogP contribution in [0.1, 0.15) is 15.9 Å². The van der Waals surface area contributed by atoms with E-state index in [4.69, 9.17) is 10.5 Å². The first-order chi connectivity index (χ1) is 10.1. The quantitative estimate of drug-likeness (QED) is 0.840. The normalized spacial score (nSPS) is 16.1. The Hall–Kier alpha value is -2.01. The number of nitrogen functional groups attached to an aromatic ring is 1. The molecule has 0 saturated heterocycles. The molecule has 0 bridgehead atoms. The van der Waals surface area contributed by atoms with Gasteiger partial charge >= 0.3 is 0 Å². The lowest BCUT2D eigenvalue weighted by Gasteiger charge is -2.13. The Kier molecular flexibility index (Phi) is 3.84. The first-order valence-electron chi connectivity index (χ1n) is 6.71. The van der Waals surface area contributed by atoms with Gasteiger partial charge < -0.3 is 15.8 Å². The highest BCUT2D eigenvalue weighted by Crippen LogP contribution is 2.27. The predicted octanol–water partition coefficient (Wildman–Crippen LogP) is 2.76. The lowest BCUT2D eigenvalue weighted by atomic mass is 10.1. The molecule has 4 nitrogen and oxygen atoms in total. The summed E-state index contributed by atoms with van der Waals surface area (Å²) in [5, 5.41) is 2.88. The van der Waals surface area contributed by atoms with Crippen molar-refractivity contribution in [1.29, 1.82) is 0 Å². The number of hydrogen-bond donors (Lipinski definition) is 2. The van der Waals surface area contributed by atoms with Crippen molar-refractivity contribution in [3.63, 3.8) is 0 Å². The minimum absolute atomic E-state index is 0.0250. The molecule has 0 saturated carbocycles. The number of hydrogen-bond acceptors (Lipinski definition) is 3. The van der Waals surface area contributed by atoms with E-state index in [1.54, 1.807) is 18.2 Å². The number of amides is 1. The lowest BCUT2D eigenvalue weighted by molar-refractivity contribution is 0.0934. The molecule has 0 fully saturated rings. The summed E-state index contributed by atoms with van der Waals surface area (Å²) in [5.74, 6) is 0.722. The SMILES string of the molecule is Nc1cc(Br)ccc1C(=O)NCC1Cc2ccccc2O1. The first kappa shape index (κ1) is 13.9. The molecular weight excluding hydrogens is 332 g/mol. The Labute approximate surface area is 131 Å². The number of anilines is 1. The molecule has 1 heterocycles. The number of fused-ring (bicyclic) bond motifs is 1. The molecule has 2 aromatic carbocycles. The molecule has 0 radical (unpaired) electrons. The molecule has 21 heavy (non-hydrogen) atoms. The van der Waals surface area contributed by atoms with Crippen molar-refractivity contribution in [2.24, 2.45) is 0 Å². The number of rotatable bonds is 3. The molecule has 1 unspecified atom stereocenters.